The maximum atomic E-state index is 13.4. The fourth-order valence-corrected chi connectivity index (χ4v) is 3.35. The number of nitrogens with one attached hydrogen (secondary N) is 1. The zero-order chi connectivity index (χ0) is 20.2. The van der Waals surface area contributed by atoms with E-state index in [1.807, 2.05) is 42.5 Å². The van der Waals surface area contributed by atoms with Gasteiger partial charge in [0.1, 0.15) is 5.75 Å². The number of ether oxygens (including phenoxy) is 1. The van der Waals surface area contributed by atoms with Crippen molar-refractivity contribution in [2.24, 2.45) is 0 Å². The van der Waals surface area contributed by atoms with Crippen LogP contribution in [0.3, 0.4) is 0 Å². The minimum atomic E-state index is -0.213. The Labute approximate surface area is 167 Å². The molecule has 0 spiro atoms. The number of H-pyrrole nitrogens is 1. The van der Waals surface area contributed by atoms with Crippen molar-refractivity contribution >= 4 is 22.5 Å². The molecule has 2 heterocycles. The van der Waals surface area contributed by atoms with Gasteiger partial charge in [-0.2, -0.15) is 0 Å². The number of methoxy groups -OCH3 is 1. The second kappa shape index (κ2) is 7.98. The normalized spacial score (nSPS) is 10.7. The van der Waals surface area contributed by atoms with Crippen molar-refractivity contribution in [2.45, 2.75) is 6.54 Å². The molecule has 0 unspecified atom stereocenters. The van der Waals surface area contributed by atoms with Crippen LogP contribution < -0.4 is 15.2 Å². The van der Waals surface area contributed by atoms with Crippen molar-refractivity contribution in [2.75, 3.05) is 12.0 Å². The van der Waals surface area contributed by atoms with Crippen molar-refractivity contribution in [1.29, 1.82) is 0 Å². The van der Waals surface area contributed by atoms with Crippen LogP contribution in [-0.2, 0) is 6.54 Å². The van der Waals surface area contributed by atoms with Crippen LogP contribution in [0.1, 0.15) is 15.9 Å². The zero-order valence-electron chi connectivity index (χ0n) is 15.8. The number of carbonyl (C=O) groups is 1. The molecule has 1 amide bonds. The number of hydrogen-bond acceptors (Lipinski definition) is 4. The van der Waals surface area contributed by atoms with Crippen molar-refractivity contribution in [3.05, 3.63) is 101 Å². The van der Waals surface area contributed by atoms with E-state index in [9.17, 15) is 9.59 Å². The van der Waals surface area contributed by atoms with Gasteiger partial charge in [-0.1, -0.05) is 30.3 Å². The van der Waals surface area contributed by atoms with E-state index >= 15 is 0 Å². The van der Waals surface area contributed by atoms with E-state index in [4.69, 9.17) is 4.74 Å². The van der Waals surface area contributed by atoms with Crippen LogP contribution in [0.25, 0.3) is 10.9 Å². The van der Waals surface area contributed by atoms with Gasteiger partial charge in [0, 0.05) is 34.9 Å². The highest BCUT2D eigenvalue weighted by Gasteiger charge is 2.22. The van der Waals surface area contributed by atoms with Gasteiger partial charge in [0.05, 0.1) is 19.3 Å². The van der Waals surface area contributed by atoms with Crippen molar-refractivity contribution in [3.8, 4) is 5.75 Å². The van der Waals surface area contributed by atoms with E-state index in [2.05, 4.69) is 9.97 Å². The summed E-state index contributed by atoms with van der Waals surface area (Å²) >= 11 is 0. The summed E-state index contributed by atoms with van der Waals surface area (Å²) < 4.78 is 5.49. The molecule has 0 aliphatic carbocycles. The van der Waals surface area contributed by atoms with Crippen molar-refractivity contribution < 1.29 is 9.53 Å². The Morgan fingerprint density at radius 2 is 1.76 bits per heavy atom. The molecule has 2 aromatic carbocycles. The minimum Gasteiger partial charge on any atom is -0.495 e. The number of benzene rings is 2. The summed E-state index contributed by atoms with van der Waals surface area (Å²) in [5.41, 5.74) is 2.39. The Morgan fingerprint density at radius 1 is 1.03 bits per heavy atom. The predicted octanol–water partition coefficient (Wildman–Crippen LogP) is 3.78. The van der Waals surface area contributed by atoms with Gasteiger partial charge in [-0.15, -0.1) is 0 Å². The molecule has 4 aromatic rings. The van der Waals surface area contributed by atoms with E-state index in [1.54, 1.807) is 42.6 Å². The number of para-hydroxylation sites is 3. The standard InChI is InChI=1S/C23H19N3O3/c1-29-21-9-5-4-8-20(21)26(23(28)16-10-12-24-13-11-16)15-17-14-22(27)25-19-7-3-2-6-18(17)19/h2-14H,15H2,1H3,(H,25,27). The van der Waals surface area contributed by atoms with E-state index in [0.717, 1.165) is 16.5 Å². The van der Waals surface area contributed by atoms with Crippen molar-refractivity contribution in [3.63, 3.8) is 0 Å². The van der Waals surface area contributed by atoms with Crippen LogP contribution in [0.4, 0.5) is 5.69 Å². The Balaban J connectivity index is 1.86. The van der Waals surface area contributed by atoms with E-state index in [-0.39, 0.29) is 18.0 Å². The first-order valence-corrected chi connectivity index (χ1v) is 9.13. The molecule has 1 N–H and O–H groups in total. The Bertz CT molecular complexity index is 1220. The average molecular weight is 385 g/mol. The molecule has 0 atom stereocenters. The number of fused-ring (bicyclic) bond motifs is 1. The first-order chi connectivity index (χ1) is 14.2. The lowest BCUT2D eigenvalue weighted by molar-refractivity contribution is 0.0984. The highest BCUT2D eigenvalue weighted by molar-refractivity contribution is 6.07. The summed E-state index contributed by atoms with van der Waals surface area (Å²) in [5.74, 6) is 0.366. The van der Waals surface area contributed by atoms with Crippen LogP contribution in [0, 0.1) is 0 Å². The fourth-order valence-electron chi connectivity index (χ4n) is 3.35. The molecule has 0 fully saturated rings. The smallest absolute Gasteiger partial charge is 0.258 e. The Morgan fingerprint density at radius 3 is 2.55 bits per heavy atom. The molecule has 29 heavy (non-hydrogen) atoms. The fraction of sp³-hybridized carbons (Fsp3) is 0.0870. The monoisotopic (exact) mass is 385 g/mol. The van der Waals surface area contributed by atoms with Crippen LogP contribution in [0.15, 0.2) is 83.9 Å². The van der Waals surface area contributed by atoms with Gasteiger partial charge < -0.3 is 14.6 Å². The number of carbonyl (C=O) groups excluding carboxylic acids is 1. The lowest BCUT2D eigenvalue weighted by atomic mass is 10.1. The molecule has 6 heteroatoms. The van der Waals surface area contributed by atoms with Crippen LogP contribution in [0.2, 0.25) is 0 Å². The molecule has 0 saturated heterocycles. The number of amides is 1. The largest absolute Gasteiger partial charge is 0.495 e. The highest BCUT2D eigenvalue weighted by atomic mass is 16.5. The molecule has 2 aromatic heterocycles. The number of anilines is 1. The first kappa shape index (κ1) is 18.4. The van der Waals surface area contributed by atoms with Gasteiger partial charge in [0.2, 0.25) is 5.56 Å². The maximum absolute atomic E-state index is 13.4. The second-order valence-corrected chi connectivity index (χ2v) is 6.50. The molecule has 0 radical (unpaired) electrons. The van der Waals surface area contributed by atoms with Gasteiger partial charge in [-0.05, 0) is 35.9 Å². The Hall–Kier alpha value is -3.93. The molecule has 0 aliphatic heterocycles. The number of rotatable bonds is 5. The third kappa shape index (κ3) is 3.73. The van der Waals surface area contributed by atoms with E-state index in [1.165, 1.54) is 6.07 Å². The molecule has 144 valence electrons. The summed E-state index contributed by atoms with van der Waals surface area (Å²) in [6, 6.07) is 19.7. The SMILES string of the molecule is COc1ccccc1N(Cc1cc(=O)[nH]c2ccccc12)C(=O)c1ccncc1. The molecular weight excluding hydrogens is 366 g/mol. The van der Waals surface area contributed by atoms with Gasteiger partial charge in [0.25, 0.3) is 5.91 Å². The maximum Gasteiger partial charge on any atom is 0.258 e. The number of hydrogen-bond donors (Lipinski definition) is 1. The van der Waals surface area contributed by atoms with E-state index in [0.29, 0.717) is 17.0 Å². The third-order valence-electron chi connectivity index (χ3n) is 4.71. The number of aromatic nitrogens is 2. The van der Waals surface area contributed by atoms with Crippen molar-refractivity contribution in [1.82, 2.24) is 9.97 Å². The molecule has 0 aliphatic rings. The van der Waals surface area contributed by atoms with E-state index < -0.39 is 0 Å². The highest BCUT2D eigenvalue weighted by Crippen LogP contribution is 2.31. The topological polar surface area (TPSA) is 75.3 Å². The minimum absolute atomic E-state index is 0.207. The van der Waals surface area contributed by atoms with Gasteiger partial charge in [-0.3, -0.25) is 14.6 Å². The van der Waals surface area contributed by atoms with Crippen LogP contribution in [0.5, 0.6) is 5.75 Å². The van der Waals surface area contributed by atoms with Gasteiger partial charge in [0.15, 0.2) is 0 Å². The first-order valence-electron chi connectivity index (χ1n) is 9.13. The summed E-state index contributed by atoms with van der Waals surface area (Å²) in [6.07, 6.45) is 3.16. The summed E-state index contributed by atoms with van der Waals surface area (Å²) in [6.45, 7) is 0.214. The van der Waals surface area contributed by atoms with Crippen LogP contribution >= 0.6 is 0 Å². The van der Waals surface area contributed by atoms with Gasteiger partial charge >= 0.3 is 0 Å². The molecular formula is C23H19N3O3. The average Bonchev–Trinajstić information content (AvgIpc) is 2.77. The second-order valence-electron chi connectivity index (χ2n) is 6.50. The number of nitrogens with zero attached hydrogens (tertiary/aromatic N) is 2. The lowest BCUT2D eigenvalue weighted by Gasteiger charge is -2.25. The zero-order valence-corrected chi connectivity index (χ0v) is 15.8. The molecule has 6 nitrogen and oxygen atoms in total. The molecule has 4 rings (SSSR count). The quantitative estimate of drug-likeness (QED) is 0.567. The number of pyridine rings is 2. The summed E-state index contributed by atoms with van der Waals surface area (Å²) in [4.78, 5) is 34.0. The third-order valence-corrected chi connectivity index (χ3v) is 4.71. The number of aromatic amines is 1. The summed E-state index contributed by atoms with van der Waals surface area (Å²) in [7, 11) is 1.57. The van der Waals surface area contributed by atoms with Crippen LogP contribution in [-0.4, -0.2) is 23.0 Å². The lowest BCUT2D eigenvalue weighted by Crippen LogP contribution is -2.31. The van der Waals surface area contributed by atoms with Gasteiger partial charge in [-0.25, -0.2) is 0 Å². The Kier molecular flexibility index (Phi) is 5.07. The molecule has 0 saturated carbocycles. The molecule has 0 bridgehead atoms. The summed E-state index contributed by atoms with van der Waals surface area (Å²) in [5, 5.41) is 0.884. The predicted molar refractivity (Wildman–Crippen MR) is 112 cm³/mol.